The van der Waals surface area contributed by atoms with Gasteiger partial charge in [-0.15, -0.1) is 11.3 Å². The Bertz CT molecular complexity index is 1340. The van der Waals surface area contributed by atoms with Gasteiger partial charge in [0.15, 0.2) is 11.4 Å². The number of hydrogen-bond donors (Lipinski definition) is 2. The third-order valence-corrected chi connectivity index (χ3v) is 8.41. The lowest BCUT2D eigenvalue weighted by Gasteiger charge is -2.44. The highest BCUT2D eigenvalue weighted by Gasteiger charge is 2.43. The van der Waals surface area contributed by atoms with Crippen molar-refractivity contribution in [2.75, 3.05) is 13.1 Å². The molecule has 1 saturated heterocycles. The van der Waals surface area contributed by atoms with Crippen LogP contribution in [0.15, 0.2) is 34.6 Å². The average Bonchev–Trinajstić information content (AvgIpc) is 3.39. The van der Waals surface area contributed by atoms with E-state index in [1.807, 2.05) is 45.3 Å². The second-order valence-electron chi connectivity index (χ2n) is 9.35. The Balaban J connectivity index is 1.40. The summed E-state index contributed by atoms with van der Waals surface area (Å²) in [6.07, 6.45) is 3.43. The minimum atomic E-state index is -0.595. The number of hydrogen-bond acceptors (Lipinski definition) is 7. The molecule has 11 heteroatoms. The number of nitrogens with two attached hydrogens (primary N) is 1. The van der Waals surface area contributed by atoms with Crippen molar-refractivity contribution < 1.29 is 19.4 Å². The van der Waals surface area contributed by atoms with Crippen LogP contribution in [0.2, 0.25) is 0 Å². The smallest absolute Gasteiger partial charge is 0.259 e. The van der Waals surface area contributed by atoms with E-state index in [0.717, 1.165) is 63.2 Å². The van der Waals surface area contributed by atoms with Gasteiger partial charge in [0, 0.05) is 25.9 Å². The molecule has 1 aromatic carbocycles. The van der Waals surface area contributed by atoms with E-state index in [4.69, 9.17) is 15.2 Å². The Kier molecular flexibility index (Phi) is 5.59. The van der Waals surface area contributed by atoms with Gasteiger partial charge in [-0.2, -0.15) is 0 Å². The number of carbonyl (C=O) groups is 1. The molecular weight excluding hydrogens is 519 g/mol. The van der Waals surface area contributed by atoms with Gasteiger partial charge in [-0.05, 0) is 59.9 Å². The quantitative estimate of drug-likeness (QED) is 0.479. The molecular formula is C23H26BBrN4O4S. The summed E-state index contributed by atoms with van der Waals surface area (Å²) in [6, 6.07) is 3.96. The van der Waals surface area contributed by atoms with Crippen LogP contribution in [0.5, 0.6) is 5.75 Å². The van der Waals surface area contributed by atoms with Gasteiger partial charge in [-0.1, -0.05) is 0 Å². The van der Waals surface area contributed by atoms with Crippen molar-refractivity contribution in [3.05, 3.63) is 45.0 Å². The van der Waals surface area contributed by atoms with Gasteiger partial charge in [-0.3, -0.25) is 9.36 Å². The monoisotopic (exact) mass is 544 g/mol. The molecule has 1 fully saturated rings. The van der Waals surface area contributed by atoms with Gasteiger partial charge in [-0.25, -0.2) is 4.98 Å². The van der Waals surface area contributed by atoms with Gasteiger partial charge in [0.05, 0.1) is 20.4 Å². The van der Waals surface area contributed by atoms with E-state index < -0.39 is 11.5 Å². The molecule has 0 saturated carbocycles. The lowest BCUT2D eigenvalue weighted by Crippen LogP contribution is -2.48. The summed E-state index contributed by atoms with van der Waals surface area (Å²) in [4.78, 5) is 18.9. The van der Waals surface area contributed by atoms with Gasteiger partial charge in [0.1, 0.15) is 31.0 Å². The Hall–Kier alpha value is -2.66. The van der Waals surface area contributed by atoms with Crippen molar-refractivity contribution in [3.8, 4) is 10.8 Å². The number of primary amides is 1. The third-order valence-electron chi connectivity index (χ3n) is 6.42. The van der Waals surface area contributed by atoms with Gasteiger partial charge >= 0.3 is 0 Å². The van der Waals surface area contributed by atoms with Gasteiger partial charge in [0.2, 0.25) is 5.88 Å². The number of aromatic nitrogens is 2. The molecule has 34 heavy (non-hydrogen) atoms. The van der Waals surface area contributed by atoms with Crippen LogP contribution < -0.4 is 15.9 Å². The lowest BCUT2D eigenvalue weighted by atomic mass is 9.94. The number of halogens is 1. The Morgan fingerprint density at radius 2 is 2.09 bits per heavy atom. The van der Waals surface area contributed by atoms with E-state index in [2.05, 4.69) is 25.8 Å². The molecule has 0 unspecified atom stereocenters. The number of aliphatic hydroxyl groups is 1. The van der Waals surface area contributed by atoms with Crippen LogP contribution >= 0.6 is 27.3 Å². The van der Waals surface area contributed by atoms with Crippen LogP contribution in [0.3, 0.4) is 0 Å². The van der Waals surface area contributed by atoms with Gasteiger partial charge in [0.25, 0.3) is 5.91 Å². The summed E-state index contributed by atoms with van der Waals surface area (Å²) in [5.41, 5.74) is 8.50. The number of rotatable bonds is 5. The van der Waals surface area contributed by atoms with E-state index in [-0.39, 0.29) is 6.10 Å². The number of aryl methyl sites for hydroxylation is 1. The van der Waals surface area contributed by atoms with Crippen LogP contribution in [0.25, 0.3) is 16.0 Å². The molecule has 3 aromatic rings. The number of fused-ring (bicyclic) bond motifs is 1. The fraction of sp³-hybridized carbons (Fsp3) is 0.391. The van der Waals surface area contributed by atoms with E-state index in [1.165, 1.54) is 11.3 Å². The minimum absolute atomic E-state index is 0.0429. The highest BCUT2D eigenvalue weighted by molar-refractivity contribution is 9.10. The first kappa shape index (κ1) is 23.1. The topological polar surface area (TPSA) is 103 Å². The highest BCUT2D eigenvalue weighted by Crippen LogP contribution is 2.39. The molecule has 0 atom stereocenters. The van der Waals surface area contributed by atoms with Crippen LogP contribution in [0.4, 0.5) is 0 Å². The highest BCUT2D eigenvalue weighted by atomic mass is 79.9. The molecule has 178 valence electrons. The first-order valence-corrected chi connectivity index (χ1v) is 12.8. The molecule has 2 aliphatic heterocycles. The predicted octanol–water partition coefficient (Wildman–Crippen LogP) is 2.89. The second kappa shape index (κ2) is 8.23. The summed E-state index contributed by atoms with van der Waals surface area (Å²) in [7, 11) is 2.02. The second-order valence-corrected chi connectivity index (χ2v) is 11.2. The summed E-state index contributed by atoms with van der Waals surface area (Å²) in [6.45, 7) is 7.09. The molecule has 4 heterocycles. The Morgan fingerprint density at radius 1 is 1.38 bits per heavy atom. The van der Waals surface area contributed by atoms with Crippen LogP contribution in [0, 0.1) is 6.92 Å². The summed E-state index contributed by atoms with van der Waals surface area (Å²) in [5, 5.41) is 11.1. The van der Waals surface area contributed by atoms with Gasteiger partial charge < -0.3 is 25.2 Å². The van der Waals surface area contributed by atoms with Crippen molar-refractivity contribution in [2.24, 2.45) is 5.73 Å². The summed E-state index contributed by atoms with van der Waals surface area (Å²) < 4.78 is 15.0. The van der Waals surface area contributed by atoms with Crippen LogP contribution in [-0.4, -0.2) is 58.1 Å². The fourth-order valence-electron chi connectivity index (χ4n) is 4.48. The van der Waals surface area contributed by atoms with Crippen molar-refractivity contribution in [1.82, 2.24) is 14.5 Å². The molecule has 1 amide bonds. The molecule has 0 radical (unpaired) electrons. The van der Waals surface area contributed by atoms with E-state index >= 15 is 0 Å². The number of piperidine rings is 1. The Morgan fingerprint density at radius 3 is 2.68 bits per heavy atom. The van der Waals surface area contributed by atoms with E-state index in [0.29, 0.717) is 16.5 Å². The van der Waals surface area contributed by atoms with Crippen molar-refractivity contribution >= 4 is 57.5 Å². The first-order valence-electron chi connectivity index (χ1n) is 11.2. The maximum Gasteiger partial charge on any atom is 0.259 e. The van der Waals surface area contributed by atoms with Crippen molar-refractivity contribution in [3.63, 3.8) is 0 Å². The molecule has 5 rings (SSSR count). The van der Waals surface area contributed by atoms with Crippen LogP contribution in [0.1, 0.15) is 41.9 Å². The Labute approximate surface area is 210 Å². The van der Waals surface area contributed by atoms with E-state index in [1.54, 1.807) is 6.33 Å². The molecule has 2 aromatic heterocycles. The normalized spacial score (nSPS) is 18.2. The number of amides is 1. The summed E-state index contributed by atoms with van der Waals surface area (Å²) >= 11 is 5.12. The average molecular weight is 545 g/mol. The predicted molar refractivity (Wildman–Crippen MR) is 138 cm³/mol. The van der Waals surface area contributed by atoms with Crippen LogP contribution in [-0.2, 0) is 4.74 Å². The zero-order chi connectivity index (χ0) is 24.4. The van der Waals surface area contributed by atoms with E-state index in [9.17, 15) is 9.90 Å². The number of thiophene rings is 1. The molecule has 3 N–H and O–H groups in total. The standard InChI is InChI=1S/C23H26BBrN4O4S/c1-11-8-15(34-19(11)21(26)31)29-10-27-14-9-13(24)18(16(25)17(14)29)32-12-4-6-28(7-5-12)22-20(30)23(2,3)33-22/h8-10,12,30H,4-7,24H2,1-3H3,(H2,26,31). The zero-order valence-electron chi connectivity index (χ0n) is 19.5. The minimum Gasteiger partial charge on any atom is -0.504 e. The third kappa shape index (κ3) is 3.74. The maximum absolute atomic E-state index is 11.7. The number of nitrogens with zero attached hydrogens (tertiary/aromatic N) is 3. The zero-order valence-corrected chi connectivity index (χ0v) is 21.9. The lowest BCUT2D eigenvalue weighted by molar-refractivity contribution is -0.0927. The molecule has 0 aliphatic carbocycles. The number of benzene rings is 1. The SMILES string of the molecule is Bc1cc2ncn(-c3cc(C)c(C(N)=O)s3)c2c(Br)c1OC1CCN(C2=C(O)C(C)(C)O2)CC1. The fourth-order valence-corrected chi connectivity index (χ4v) is 6.29. The maximum atomic E-state index is 11.7. The summed E-state index contributed by atoms with van der Waals surface area (Å²) in [5.74, 6) is 1.27. The number of imidazole rings is 1. The molecule has 0 spiro atoms. The molecule has 0 bridgehead atoms. The van der Waals surface area contributed by atoms with Crippen molar-refractivity contribution in [2.45, 2.75) is 45.3 Å². The largest absolute Gasteiger partial charge is 0.504 e. The number of ether oxygens (including phenoxy) is 2. The molecule has 2 aliphatic rings. The van der Waals surface area contributed by atoms with Crippen molar-refractivity contribution in [1.29, 1.82) is 0 Å². The molecule has 8 nitrogen and oxygen atoms in total. The first-order chi connectivity index (χ1) is 16.1. The number of likely N-dealkylation sites (tertiary alicyclic amines) is 1. The number of aliphatic hydroxyl groups excluding tert-OH is 1. The number of carbonyl (C=O) groups excluding carboxylic acids is 1.